The van der Waals surface area contributed by atoms with Crippen molar-refractivity contribution < 1.29 is 4.79 Å². The molecule has 0 unspecified atom stereocenters. The van der Waals surface area contributed by atoms with Crippen LogP contribution >= 0.6 is 0 Å². The summed E-state index contributed by atoms with van der Waals surface area (Å²) < 4.78 is 0. The highest BCUT2D eigenvalue weighted by molar-refractivity contribution is 5.81. The van der Waals surface area contributed by atoms with E-state index in [4.69, 9.17) is 5.26 Å². The number of benzene rings is 1. The highest BCUT2D eigenvalue weighted by atomic mass is 16.2. The first-order valence-electron chi connectivity index (χ1n) is 9.17. The molecule has 0 aromatic heterocycles. The molecule has 1 saturated carbocycles. The Bertz CT molecular complexity index is 615. The Labute approximate surface area is 144 Å². The lowest BCUT2D eigenvalue weighted by Crippen LogP contribution is -2.51. The fraction of sp³-hybridized carbons (Fsp3) is 0.600. The van der Waals surface area contributed by atoms with Crippen molar-refractivity contribution in [1.82, 2.24) is 10.2 Å². The second-order valence-corrected chi connectivity index (χ2v) is 7.24. The number of rotatable bonds is 5. The largest absolute Gasteiger partial charge is 0.342 e. The van der Waals surface area contributed by atoms with Gasteiger partial charge in [0.2, 0.25) is 5.91 Å². The van der Waals surface area contributed by atoms with Crippen molar-refractivity contribution in [2.45, 2.75) is 51.6 Å². The van der Waals surface area contributed by atoms with Crippen molar-refractivity contribution in [3.05, 3.63) is 35.4 Å². The van der Waals surface area contributed by atoms with Gasteiger partial charge in [-0.05, 0) is 49.8 Å². The normalized spacial score (nSPS) is 25.1. The highest BCUT2D eigenvalue weighted by Crippen LogP contribution is 2.33. The number of carbonyl (C=O) groups excluding carboxylic acids is 1. The van der Waals surface area contributed by atoms with E-state index in [1.54, 1.807) is 0 Å². The molecule has 1 aromatic carbocycles. The van der Waals surface area contributed by atoms with Crippen LogP contribution in [0.15, 0.2) is 24.3 Å². The first kappa shape index (κ1) is 17.0. The van der Waals surface area contributed by atoms with E-state index in [1.807, 2.05) is 24.3 Å². The summed E-state index contributed by atoms with van der Waals surface area (Å²) in [6.07, 6.45) is 4.29. The number of hydrogen-bond acceptors (Lipinski definition) is 3. The predicted octanol–water partition coefficient (Wildman–Crippen LogP) is 3.25. The van der Waals surface area contributed by atoms with Crippen molar-refractivity contribution in [2.24, 2.45) is 11.8 Å². The Balaban J connectivity index is 1.59. The minimum absolute atomic E-state index is 0.252. The predicted molar refractivity (Wildman–Crippen MR) is 94.2 cm³/mol. The average molecular weight is 325 g/mol. The maximum absolute atomic E-state index is 12.3. The first-order chi connectivity index (χ1) is 11.6. The van der Waals surface area contributed by atoms with Crippen molar-refractivity contribution in [3.63, 3.8) is 0 Å². The van der Waals surface area contributed by atoms with Crippen molar-refractivity contribution in [1.29, 1.82) is 5.26 Å². The summed E-state index contributed by atoms with van der Waals surface area (Å²) in [7, 11) is 0. The lowest BCUT2D eigenvalue weighted by molar-refractivity contribution is -0.134. The highest BCUT2D eigenvalue weighted by Gasteiger charge is 2.37. The molecule has 2 fully saturated rings. The van der Waals surface area contributed by atoms with Crippen LogP contribution in [0.4, 0.5) is 0 Å². The third-order valence-electron chi connectivity index (χ3n) is 5.50. The molecule has 1 saturated heterocycles. The topological polar surface area (TPSA) is 56.1 Å². The molecular formula is C20H27N3O. The average Bonchev–Trinajstić information content (AvgIpc) is 3.46. The van der Waals surface area contributed by atoms with Crippen LogP contribution < -0.4 is 5.32 Å². The fourth-order valence-corrected chi connectivity index (χ4v) is 3.72. The molecule has 1 heterocycles. The summed E-state index contributed by atoms with van der Waals surface area (Å²) in [5.74, 6) is 1.22. The van der Waals surface area contributed by atoms with Gasteiger partial charge in [0.1, 0.15) is 0 Å². The number of nitrogens with one attached hydrogen (secondary N) is 1. The molecule has 0 spiro atoms. The van der Waals surface area contributed by atoms with Crippen LogP contribution in [0, 0.1) is 23.2 Å². The van der Waals surface area contributed by atoms with E-state index in [1.165, 1.54) is 5.56 Å². The quantitative estimate of drug-likeness (QED) is 0.904. The van der Waals surface area contributed by atoms with Gasteiger partial charge in [-0.15, -0.1) is 0 Å². The third-order valence-corrected chi connectivity index (χ3v) is 5.50. The Kier molecular flexibility index (Phi) is 5.20. The molecule has 3 rings (SSSR count). The molecule has 0 bridgehead atoms. The van der Waals surface area contributed by atoms with E-state index in [0.717, 1.165) is 38.8 Å². The Morgan fingerprint density at radius 3 is 2.62 bits per heavy atom. The Morgan fingerprint density at radius 1 is 1.33 bits per heavy atom. The van der Waals surface area contributed by atoms with Crippen LogP contribution in [0.3, 0.4) is 0 Å². The van der Waals surface area contributed by atoms with Crippen LogP contribution in [0.5, 0.6) is 0 Å². The van der Waals surface area contributed by atoms with Gasteiger partial charge in [0.05, 0.1) is 11.6 Å². The first-order valence-corrected chi connectivity index (χ1v) is 9.17. The molecule has 1 N–H and O–H groups in total. The zero-order chi connectivity index (χ0) is 17.1. The minimum atomic E-state index is 0.252. The number of nitriles is 1. The molecule has 2 aliphatic rings. The van der Waals surface area contributed by atoms with Gasteiger partial charge >= 0.3 is 0 Å². The van der Waals surface area contributed by atoms with Gasteiger partial charge in [-0.2, -0.15) is 5.26 Å². The van der Waals surface area contributed by atoms with Gasteiger partial charge in [-0.1, -0.05) is 25.5 Å². The van der Waals surface area contributed by atoms with Crippen LogP contribution in [0.25, 0.3) is 0 Å². The van der Waals surface area contributed by atoms with Crippen LogP contribution in [0.1, 0.15) is 56.7 Å². The SMILES string of the molecule is CC[C@@H]1CN(C(=O)C2CC2)CC[C@H]1N[C@H](C)c1ccc(C#N)cc1. The van der Waals surface area contributed by atoms with Gasteiger partial charge in [0, 0.05) is 31.1 Å². The number of amides is 1. The molecule has 4 heteroatoms. The van der Waals surface area contributed by atoms with Gasteiger partial charge in [0.25, 0.3) is 0 Å². The molecule has 3 atom stereocenters. The van der Waals surface area contributed by atoms with Gasteiger partial charge in [-0.25, -0.2) is 0 Å². The smallest absolute Gasteiger partial charge is 0.225 e. The summed E-state index contributed by atoms with van der Waals surface area (Å²) >= 11 is 0. The summed E-state index contributed by atoms with van der Waals surface area (Å²) in [4.78, 5) is 14.4. The van der Waals surface area contributed by atoms with E-state index < -0.39 is 0 Å². The zero-order valence-electron chi connectivity index (χ0n) is 14.7. The Hall–Kier alpha value is -1.86. The minimum Gasteiger partial charge on any atom is -0.342 e. The van der Waals surface area contributed by atoms with Gasteiger partial charge in [0.15, 0.2) is 0 Å². The van der Waals surface area contributed by atoms with Crippen molar-refractivity contribution in [3.8, 4) is 6.07 Å². The lowest BCUT2D eigenvalue weighted by Gasteiger charge is -2.40. The number of carbonyl (C=O) groups is 1. The van der Waals surface area contributed by atoms with Gasteiger partial charge in [-0.3, -0.25) is 4.79 Å². The standard InChI is InChI=1S/C20H27N3O/c1-3-16-13-23(20(24)18-8-9-18)11-10-19(16)22-14(2)17-6-4-15(12-21)5-7-17/h4-7,14,16,18-19,22H,3,8-11,13H2,1-2H3/t14-,16-,19-/m1/s1. The number of likely N-dealkylation sites (tertiary alicyclic amines) is 1. The molecule has 4 nitrogen and oxygen atoms in total. The second-order valence-electron chi connectivity index (χ2n) is 7.24. The van der Waals surface area contributed by atoms with Gasteiger partial charge < -0.3 is 10.2 Å². The number of hydrogen-bond donors (Lipinski definition) is 1. The monoisotopic (exact) mass is 325 g/mol. The summed E-state index contributed by atoms with van der Waals surface area (Å²) in [5, 5.41) is 12.7. The van der Waals surface area contributed by atoms with E-state index in [9.17, 15) is 4.79 Å². The molecule has 1 amide bonds. The lowest BCUT2D eigenvalue weighted by atomic mass is 9.88. The van der Waals surface area contributed by atoms with Crippen molar-refractivity contribution in [2.75, 3.05) is 13.1 Å². The maximum atomic E-state index is 12.3. The zero-order valence-corrected chi connectivity index (χ0v) is 14.7. The second kappa shape index (κ2) is 7.36. The molecule has 24 heavy (non-hydrogen) atoms. The molecular weight excluding hydrogens is 298 g/mol. The van der Waals surface area contributed by atoms with Crippen LogP contribution in [-0.4, -0.2) is 29.9 Å². The third kappa shape index (κ3) is 3.79. The van der Waals surface area contributed by atoms with E-state index in [0.29, 0.717) is 29.3 Å². The summed E-state index contributed by atoms with van der Waals surface area (Å²) in [6, 6.07) is 10.7. The number of nitrogens with zero attached hydrogens (tertiary/aromatic N) is 2. The van der Waals surface area contributed by atoms with Crippen LogP contribution in [0.2, 0.25) is 0 Å². The van der Waals surface area contributed by atoms with Crippen LogP contribution in [-0.2, 0) is 4.79 Å². The van der Waals surface area contributed by atoms with Crippen molar-refractivity contribution >= 4 is 5.91 Å². The fourth-order valence-electron chi connectivity index (χ4n) is 3.72. The molecule has 1 aromatic rings. The molecule has 128 valence electrons. The van der Waals surface area contributed by atoms with E-state index >= 15 is 0 Å². The maximum Gasteiger partial charge on any atom is 0.225 e. The number of piperidine rings is 1. The Morgan fingerprint density at radius 2 is 2.04 bits per heavy atom. The molecule has 1 aliphatic heterocycles. The molecule has 0 radical (unpaired) electrons. The van der Waals surface area contributed by atoms with E-state index in [2.05, 4.69) is 30.1 Å². The van der Waals surface area contributed by atoms with E-state index in [-0.39, 0.29) is 6.04 Å². The summed E-state index contributed by atoms with van der Waals surface area (Å²) in [5.41, 5.74) is 1.91. The summed E-state index contributed by atoms with van der Waals surface area (Å²) in [6.45, 7) is 6.17. The molecule has 1 aliphatic carbocycles.